The van der Waals surface area contributed by atoms with Gasteiger partial charge in [0.2, 0.25) is 0 Å². The largest absolute Gasteiger partial charge is 0.360 e. The highest BCUT2D eigenvalue weighted by atomic mass is 35.5. The van der Waals surface area contributed by atoms with Crippen molar-refractivity contribution in [2.24, 2.45) is 0 Å². The van der Waals surface area contributed by atoms with Gasteiger partial charge in [-0.1, -0.05) is 64.8 Å². The summed E-state index contributed by atoms with van der Waals surface area (Å²) in [4.78, 5) is 12.8. The fourth-order valence-corrected chi connectivity index (χ4v) is 3.20. The molecule has 1 atom stereocenters. The minimum Gasteiger partial charge on any atom is -0.360 e. The molecule has 0 aliphatic rings. The lowest BCUT2D eigenvalue weighted by Crippen LogP contribution is -2.27. The van der Waals surface area contributed by atoms with Gasteiger partial charge in [0.1, 0.15) is 17.0 Å². The summed E-state index contributed by atoms with van der Waals surface area (Å²) in [7, 11) is 0. The number of aromatic nitrogens is 1. The lowest BCUT2D eigenvalue weighted by molar-refractivity contribution is 0.0939. The Morgan fingerprint density at radius 3 is 2.36 bits per heavy atom. The van der Waals surface area contributed by atoms with Gasteiger partial charge in [0, 0.05) is 5.56 Å². The van der Waals surface area contributed by atoms with Crippen LogP contribution in [0.15, 0.2) is 53.1 Å². The average molecular weight is 375 g/mol. The summed E-state index contributed by atoms with van der Waals surface area (Å²) in [6.45, 7) is 3.60. The Morgan fingerprint density at radius 1 is 1.08 bits per heavy atom. The molecule has 4 nitrogen and oxygen atoms in total. The van der Waals surface area contributed by atoms with Gasteiger partial charge in [-0.25, -0.2) is 0 Å². The predicted octanol–water partition coefficient (Wildman–Crippen LogP) is 5.45. The van der Waals surface area contributed by atoms with Gasteiger partial charge in [-0.3, -0.25) is 4.79 Å². The topological polar surface area (TPSA) is 55.1 Å². The lowest BCUT2D eigenvalue weighted by Gasteiger charge is -2.14. The number of hydrogen-bond donors (Lipinski definition) is 1. The lowest BCUT2D eigenvalue weighted by atomic mass is 10.0. The second-order valence-electron chi connectivity index (χ2n) is 5.66. The fourth-order valence-electron chi connectivity index (χ4n) is 2.63. The van der Waals surface area contributed by atoms with Crippen molar-refractivity contribution < 1.29 is 9.32 Å². The molecule has 1 amide bonds. The number of carbonyl (C=O) groups is 1. The number of halogens is 2. The van der Waals surface area contributed by atoms with E-state index in [1.165, 1.54) is 0 Å². The Balaban J connectivity index is 1.96. The van der Waals surface area contributed by atoms with Crippen LogP contribution in [-0.4, -0.2) is 11.1 Å². The molecule has 0 spiro atoms. The first-order chi connectivity index (χ1) is 12.0. The zero-order chi connectivity index (χ0) is 18.0. The van der Waals surface area contributed by atoms with Gasteiger partial charge in [0.25, 0.3) is 5.91 Å². The van der Waals surface area contributed by atoms with Crippen molar-refractivity contribution in [3.8, 4) is 11.3 Å². The highest BCUT2D eigenvalue weighted by Crippen LogP contribution is 2.36. The monoisotopic (exact) mass is 374 g/mol. The molecule has 3 aromatic rings. The van der Waals surface area contributed by atoms with Crippen LogP contribution in [-0.2, 0) is 0 Å². The molecule has 0 aliphatic carbocycles. The molecule has 1 heterocycles. The van der Waals surface area contributed by atoms with Crippen LogP contribution in [0.3, 0.4) is 0 Å². The zero-order valence-electron chi connectivity index (χ0n) is 13.7. The zero-order valence-corrected chi connectivity index (χ0v) is 15.2. The number of hydrogen-bond acceptors (Lipinski definition) is 3. The van der Waals surface area contributed by atoms with Gasteiger partial charge in [-0.2, -0.15) is 0 Å². The fraction of sp³-hybridized carbons (Fsp3) is 0.158. The van der Waals surface area contributed by atoms with Crippen molar-refractivity contribution in [3.05, 3.63) is 75.5 Å². The standard InChI is InChI=1S/C19H16Cl2N2O2/c1-11(13-7-4-3-5-8-13)22-19(24)16-12(2)25-23-18(16)17-14(20)9-6-10-15(17)21/h3-11H,1-2H3,(H,22,24)/t11-/m0/s1. The van der Waals surface area contributed by atoms with Crippen LogP contribution in [0, 0.1) is 6.92 Å². The number of aryl methyl sites for hydroxylation is 1. The van der Waals surface area contributed by atoms with Gasteiger partial charge in [0.05, 0.1) is 16.1 Å². The second kappa shape index (κ2) is 7.30. The third-order valence-electron chi connectivity index (χ3n) is 3.94. The highest BCUT2D eigenvalue weighted by molar-refractivity contribution is 6.39. The molecule has 0 saturated heterocycles. The highest BCUT2D eigenvalue weighted by Gasteiger charge is 2.25. The summed E-state index contributed by atoms with van der Waals surface area (Å²) in [6, 6.07) is 14.7. The molecule has 1 aromatic heterocycles. The summed E-state index contributed by atoms with van der Waals surface area (Å²) >= 11 is 12.5. The third kappa shape index (κ3) is 3.55. The number of benzene rings is 2. The van der Waals surface area contributed by atoms with Crippen molar-refractivity contribution in [3.63, 3.8) is 0 Å². The molecular weight excluding hydrogens is 359 g/mol. The Bertz CT molecular complexity index is 887. The number of nitrogens with zero attached hydrogens (tertiary/aromatic N) is 1. The van der Waals surface area contributed by atoms with E-state index in [2.05, 4.69) is 10.5 Å². The maximum absolute atomic E-state index is 12.8. The summed E-state index contributed by atoms with van der Waals surface area (Å²) in [5, 5.41) is 7.78. The number of carbonyl (C=O) groups excluding carboxylic acids is 1. The molecule has 0 saturated carbocycles. The van der Waals surface area contributed by atoms with Crippen LogP contribution in [0.1, 0.15) is 34.6 Å². The molecule has 128 valence electrons. The minimum atomic E-state index is -0.291. The molecule has 2 aromatic carbocycles. The molecule has 0 unspecified atom stereocenters. The Kier molecular flexibility index (Phi) is 5.11. The van der Waals surface area contributed by atoms with E-state index in [9.17, 15) is 4.79 Å². The molecule has 0 fully saturated rings. The van der Waals surface area contributed by atoms with Crippen LogP contribution >= 0.6 is 23.2 Å². The molecule has 0 bridgehead atoms. The van der Waals surface area contributed by atoms with Crippen molar-refractivity contribution in [2.75, 3.05) is 0 Å². The van der Waals surface area contributed by atoms with Crippen molar-refractivity contribution in [1.29, 1.82) is 0 Å². The van der Waals surface area contributed by atoms with Gasteiger partial charge >= 0.3 is 0 Å². The molecule has 0 aliphatic heterocycles. The first-order valence-electron chi connectivity index (χ1n) is 7.75. The Labute approximate surface area is 155 Å². The van der Waals surface area contributed by atoms with Crippen molar-refractivity contribution in [1.82, 2.24) is 10.5 Å². The number of amides is 1. The van der Waals surface area contributed by atoms with Gasteiger partial charge < -0.3 is 9.84 Å². The summed E-state index contributed by atoms with van der Waals surface area (Å²) in [6.07, 6.45) is 0. The van der Waals surface area contributed by atoms with Crippen LogP contribution in [0.5, 0.6) is 0 Å². The molecule has 0 radical (unpaired) electrons. The molecule has 25 heavy (non-hydrogen) atoms. The van der Waals surface area contributed by atoms with E-state index in [0.717, 1.165) is 5.56 Å². The van der Waals surface area contributed by atoms with Crippen LogP contribution in [0.2, 0.25) is 10.0 Å². The second-order valence-corrected chi connectivity index (χ2v) is 6.48. The maximum atomic E-state index is 12.8. The average Bonchev–Trinajstić information content (AvgIpc) is 2.97. The van der Waals surface area contributed by atoms with E-state index < -0.39 is 0 Å². The normalized spacial score (nSPS) is 12.0. The van der Waals surface area contributed by atoms with Gasteiger partial charge in [-0.15, -0.1) is 0 Å². The van der Waals surface area contributed by atoms with E-state index in [0.29, 0.717) is 32.6 Å². The number of rotatable bonds is 4. The van der Waals surface area contributed by atoms with Crippen LogP contribution in [0.4, 0.5) is 0 Å². The molecule has 3 rings (SSSR count). The van der Waals surface area contributed by atoms with E-state index in [1.54, 1.807) is 25.1 Å². The summed E-state index contributed by atoms with van der Waals surface area (Å²) < 4.78 is 5.24. The van der Waals surface area contributed by atoms with Crippen LogP contribution in [0.25, 0.3) is 11.3 Å². The van der Waals surface area contributed by atoms with Crippen molar-refractivity contribution in [2.45, 2.75) is 19.9 Å². The number of nitrogens with one attached hydrogen (secondary N) is 1. The smallest absolute Gasteiger partial charge is 0.257 e. The molecule has 1 N–H and O–H groups in total. The summed E-state index contributed by atoms with van der Waals surface area (Å²) in [5.41, 5.74) is 2.16. The summed E-state index contributed by atoms with van der Waals surface area (Å²) in [5.74, 6) is 0.116. The maximum Gasteiger partial charge on any atom is 0.257 e. The molecule has 6 heteroatoms. The Hall–Kier alpha value is -2.30. The molecular formula is C19H16Cl2N2O2. The van der Waals surface area contributed by atoms with Gasteiger partial charge in [-0.05, 0) is 31.5 Å². The quantitative estimate of drug-likeness (QED) is 0.660. The third-order valence-corrected chi connectivity index (χ3v) is 4.57. The van der Waals surface area contributed by atoms with Crippen LogP contribution < -0.4 is 5.32 Å². The van der Waals surface area contributed by atoms with E-state index in [4.69, 9.17) is 27.7 Å². The SMILES string of the molecule is Cc1onc(-c2c(Cl)cccc2Cl)c1C(=O)N[C@@H](C)c1ccccc1. The Morgan fingerprint density at radius 2 is 1.72 bits per heavy atom. The van der Waals surface area contributed by atoms with Crippen molar-refractivity contribution >= 4 is 29.1 Å². The minimum absolute atomic E-state index is 0.169. The van der Waals surface area contributed by atoms with E-state index in [-0.39, 0.29) is 11.9 Å². The first-order valence-corrected chi connectivity index (χ1v) is 8.51. The predicted molar refractivity (Wildman–Crippen MR) is 99.0 cm³/mol. The first kappa shape index (κ1) is 17.5. The van der Waals surface area contributed by atoms with E-state index >= 15 is 0 Å². The van der Waals surface area contributed by atoms with Gasteiger partial charge in [0.15, 0.2) is 0 Å². The van der Waals surface area contributed by atoms with E-state index in [1.807, 2.05) is 37.3 Å².